The summed E-state index contributed by atoms with van der Waals surface area (Å²) in [5.41, 5.74) is 2.39. The lowest BCUT2D eigenvalue weighted by atomic mass is 10.1. The highest BCUT2D eigenvalue weighted by atomic mass is 16.5. The van der Waals surface area contributed by atoms with E-state index in [0.29, 0.717) is 6.61 Å². The fraction of sp³-hybridized carbons (Fsp3) is 0.647. The van der Waals surface area contributed by atoms with Crippen LogP contribution in [0.15, 0.2) is 12.1 Å². The van der Waals surface area contributed by atoms with Crippen LogP contribution in [0.4, 0.5) is 0 Å². The van der Waals surface area contributed by atoms with E-state index in [9.17, 15) is 5.11 Å². The molecule has 0 saturated heterocycles. The topological polar surface area (TPSA) is 41.9 Å². The van der Waals surface area contributed by atoms with Gasteiger partial charge in [0, 0.05) is 30.6 Å². The zero-order valence-electron chi connectivity index (χ0n) is 13.6. The lowest BCUT2D eigenvalue weighted by Crippen LogP contribution is -2.22. The van der Waals surface area contributed by atoms with Crippen LogP contribution in [0, 0.1) is 0 Å². The third kappa shape index (κ3) is 4.35. The number of rotatable bonds is 7. The first-order valence-corrected chi connectivity index (χ1v) is 7.81. The molecule has 1 aliphatic rings. The van der Waals surface area contributed by atoms with Gasteiger partial charge in [0.25, 0.3) is 0 Å². The zero-order chi connectivity index (χ0) is 15.4. The molecule has 0 radical (unpaired) electrons. The Labute approximate surface area is 127 Å². The summed E-state index contributed by atoms with van der Waals surface area (Å²) in [6.07, 6.45) is 1.72. The summed E-state index contributed by atoms with van der Waals surface area (Å²) in [6, 6.07) is 4.24. The third-order valence-electron chi connectivity index (χ3n) is 3.75. The Hall–Kier alpha value is -1.26. The van der Waals surface area contributed by atoms with Crippen LogP contribution in [0.25, 0.3) is 0 Å². The number of fused-ring (bicyclic) bond motifs is 1. The molecule has 0 fully saturated rings. The summed E-state index contributed by atoms with van der Waals surface area (Å²) in [7, 11) is 2.06. The summed E-state index contributed by atoms with van der Waals surface area (Å²) in [4.78, 5) is 2.20. The molecule has 1 aliphatic heterocycles. The monoisotopic (exact) mass is 293 g/mol. The molecule has 21 heavy (non-hydrogen) atoms. The van der Waals surface area contributed by atoms with Crippen molar-refractivity contribution >= 4 is 0 Å². The van der Waals surface area contributed by atoms with Gasteiger partial charge in [0.2, 0.25) is 0 Å². The Bertz CT molecular complexity index is 473. The first-order chi connectivity index (χ1) is 9.99. The predicted octanol–water partition coefficient (Wildman–Crippen LogP) is 2.61. The molecule has 2 unspecified atom stereocenters. The van der Waals surface area contributed by atoms with Gasteiger partial charge in [-0.05, 0) is 46.4 Å². The summed E-state index contributed by atoms with van der Waals surface area (Å²) in [5.74, 6) is 1.95. The van der Waals surface area contributed by atoms with Crippen molar-refractivity contribution in [2.24, 2.45) is 0 Å². The first-order valence-electron chi connectivity index (χ1n) is 7.81. The van der Waals surface area contributed by atoms with Crippen LogP contribution in [0.5, 0.6) is 11.5 Å². The van der Waals surface area contributed by atoms with Gasteiger partial charge in [0.15, 0.2) is 0 Å². The largest absolute Gasteiger partial charge is 0.494 e. The van der Waals surface area contributed by atoms with E-state index in [-0.39, 0.29) is 12.2 Å². The number of nitrogens with zero attached hydrogens (tertiary/aromatic N) is 1. The summed E-state index contributed by atoms with van der Waals surface area (Å²) in [6.45, 7) is 8.25. The molecule has 4 heteroatoms. The van der Waals surface area contributed by atoms with E-state index in [2.05, 4.69) is 31.0 Å². The predicted molar refractivity (Wildman–Crippen MR) is 84.0 cm³/mol. The summed E-state index contributed by atoms with van der Waals surface area (Å²) < 4.78 is 11.6. The van der Waals surface area contributed by atoms with E-state index in [1.807, 2.05) is 13.8 Å². The fourth-order valence-electron chi connectivity index (χ4n) is 2.67. The van der Waals surface area contributed by atoms with Crippen LogP contribution in [-0.4, -0.2) is 42.4 Å². The minimum absolute atomic E-state index is 0.248. The van der Waals surface area contributed by atoms with E-state index in [0.717, 1.165) is 43.0 Å². The molecule has 4 nitrogen and oxygen atoms in total. The van der Waals surface area contributed by atoms with Gasteiger partial charge in [-0.15, -0.1) is 0 Å². The molecule has 0 aromatic heterocycles. The Kier molecular flexibility index (Phi) is 5.48. The summed E-state index contributed by atoms with van der Waals surface area (Å²) >= 11 is 0. The average molecular weight is 293 g/mol. The van der Waals surface area contributed by atoms with E-state index in [1.54, 1.807) is 0 Å². The van der Waals surface area contributed by atoms with Crippen molar-refractivity contribution in [3.05, 3.63) is 23.3 Å². The number of ether oxygens (including phenoxy) is 2. The van der Waals surface area contributed by atoms with Gasteiger partial charge < -0.3 is 19.5 Å². The standard InChI is InChI=1S/C17H27NO3/c1-5-20-16-9-14-8-13(3)21-17(14)10-15(16)11-18(4)7-6-12(2)19/h9-10,12-13,19H,5-8,11H2,1-4H3. The zero-order valence-corrected chi connectivity index (χ0v) is 13.6. The number of aliphatic hydroxyl groups is 1. The Morgan fingerprint density at radius 1 is 1.48 bits per heavy atom. The van der Waals surface area contributed by atoms with Crippen molar-refractivity contribution in [1.82, 2.24) is 4.90 Å². The third-order valence-corrected chi connectivity index (χ3v) is 3.75. The van der Waals surface area contributed by atoms with Gasteiger partial charge in [-0.3, -0.25) is 0 Å². The summed E-state index contributed by atoms with van der Waals surface area (Å²) in [5, 5.41) is 9.39. The highest BCUT2D eigenvalue weighted by Crippen LogP contribution is 2.35. The maximum atomic E-state index is 9.39. The molecule has 1 aromatic carbocycles. The molecule has 118 valence electrons. The normalized spacial score (nSPS) is 18.5. The maximum absolute atomic E-state index is 9.39. The lowest BCUT2D eigenvalue weighted by Gasteiger charge is -2.20. The molecule has 1 aromatic rings. The molecule has 0 bridgehead atoms. The van der Waals surface area contributed by atoms with Gasteiger partial charge in [0.1, 0.15) is 17.6 Å². The molecular weight excluding hydrogens is 266 g/mol. The number of hydrogen-bond donors (Lipinski definition) is 1. The number of benzene rings is 1. The van der Waals surface area contributed by atoms with Crippen LogP contribution >= 0.6 is 0 Å². The minimum Gasteiger partial charge on any atom is -0.494 e. The van der Waals surface area contributed by atoms with Crippen molar-refractivity contribution in [2.75, 3.05) is 20.2 Å². The van der Waals surface area contributed by atoms with Crippen molar-refractivity contribution in [3.63, 3.8) is 0 Å². The van der Waals surface area contributed by atoms with Crippen LogP contribution in [0.1, 0.15) is 38.3 Å². The lowest BCUT2D eigenvalue weighted by molar-refractivity contribution is 0.162. The number of aliphatic hydroxyl groups excluding tert-OH is 1. The highest BCUT2D eigenvalue weighted by molar-refractivity contribution is 5.48. The van der Waals surface area contributed by atoms with Gasteiger partial charge in [0.05, 0.1) is 12.7 Å². The van der Waals surface area contributed by atoms with Crippen molar-refractivity contribution in [2.45, 2.75) is 52.4 Å². The van der Waals surface area contributed by atoms with Gasteiger partial charge in [-0.2, -0.15) is 0 Å². The molecule has 1 N–H and O–H groups in total. The second kappa shape index (κ2) is 7.14. The fourth-order valence-corrected chi connectivity index (χ4v) is 2.67. The van der Waals surface area contributed by atoms with Crippen LogP contribution in [0.2, 0.25) is 0 Å². The average Bonchev–Trinajstić information content (AvgIpc) is 2.76. The molecule has 2 atom stereocenters. The highest BCUT2D eigenvalue weighted by Gasteiger charge is 2.22. The first kappa shape index (κ1) is 16.1. The molecule has 0 spiro atoms. The molecule has 0 saturated carbocycles. The van der Waals surface area contributed by atoms with Crippen LogP contribution in [0.3, 0.4) is 0 Å². The molecule has 1 heterocycles. The van der Waals surface area contributed by atoms with E-state index in [1.165, 1.54) is 5.56 Å². The smallest absolute Gasteiger partial charge is 0.124 e. The van der Waals surface area contributed by atoms with Gasteiger partial charge in [-0.1, -0.05) is 0 Å². The van der Waals surface area contributed by atoms with E-state index >= 15 is 0 Å². The second-order valence-electron chi connectivity index (χ2n) is 6.01. The van der Waals surface area contributed by atoms with Crippen LogP contribution < -0.4 is 9.47 Å². The minimum atomic E-state index is -0.261. The Morgan fingerprint density at radius 2 is 2.24 bits per heavy atom. The van der Waals surface area contributed by atoms with Crippen molar-refractivity contribution in [1.29, 1.82) is 0 Å². The van der Waals surface area contributed by atoms with E-state index < -0.39 is 0 Å². The Morgan fingerprint density at radius 3 is 2.90 bits per heavy atom. The molecular formula is C17H27NO3. The SMILES string of the molecule is CCOc1cc2c(cc1CN(C)CCC(C)O)OC(C)C2. The van der Waals surface area contributed by atoms with Crippen LogP contribution in [-0.2, 0) is 13.0 Å². The quantitative estimate of drug-likeness (QED) is 0.839. The van der Waals surface area contributed by atoms with Crippen molar-refractivity contribution in [3.8, 4) is 11.5 Å². The second-order valence-corrected chi connectivity index (χ2v) is 6.01. The molecule has 0 amide bonds. The van der Waals surface area contributed by atoms with Gasteiger partial charge >= 0.3 is 0 Å². The number of hydrogen-bond acceptors (Lipinski definition) is 4. The van der Waals surface area contributed by atoms with Crippen molar-refractivity contribution < 1.29 is 14.6 Å². The Balaban J connectivity index is 2.12. The molecule has 2 rings (SSSR count). The maximum Gasteiger partial charge on any atom is 0.124 e. The van der Waals surface area contributed by atoms with Gasteiger partial charge in [-0.25, -0.2) is 0 Å². The van der Waals surface area contributed by atoms with E-state index in [4.69, 9.17) is 9.47 Å². The molecule has 0 aliphatic carbocycles.